The number of benzene rings is 1. The fourth-order valence-electron chi connectivity index (χ4n) is 2.85. The lowest BCUT2D eigenvalue weighted by Crippen LogP contribution is -2.55. The molecule has 1 N–H and O–H groups in total. The third-order valence-electron chi connectivity index (χ3n) is 4.17. The fourth-order valence-corrected chi connectivity index (χ4v) is 2.85. The number of ether oxygens (including phenoxy) is 2. The van der Waals surface area contributed by atoms with Crippen molar-refractivity contribution in [2.24, 2.45) is 0 Å². The maximum absolute atomic E-state index is 12.9. The Bertz CT molecular complexity index is 672. The topological polar surface area (TPSA) is 76.1 Å². The minimum absolute atomic E-state index is 0.0861. The molecular formula is C17H20F3NO5. The number of rotatable bonds is 4. The van der Waals surface area contributed by atoms with Crippen molar-refractivity contribution in [1.82, 2.24) is 4.90 Å². The maximum atomic E-state index is 12.9. The minimum atomic E-state index is -4.79. The van der Waals surface area contributed by atoms with Gasteiger partial charge in [-0.25, -0.2) is 4.79 Å². The number of carboxylic acids is 1. The molecule has 1 aliphatic rings. The summed E-state index contributed by atoms with van der Waals surface area (Å²) in [5, 5.41) is 9.13. The molecule has 1 aromatic rings. The summed E-state index contributed by atoms with van der Waals surface area (Å²) >= 11 is 0. The number of halogens is 3. The van der Waals surface area contributed by atoms with Crippen LogP contribution in [0.5, 0.6) is 5.75 Å². The molecule has 0 bridgehead atoms. The average molecular weight is 375 g/mol. The standard InChI is InChI=1S/C17H20F3NO5/c1-10-8-21(9-13(25-10)14(22)23)15(24)16(2,3)11-4-6-12(7-5-11)26-17(18,19)20/h4-7,10,13H,8-9H2,1-3H3,(H,22,23)/t10-,13?/m1/s1. The van der Waals surface area contributed by atoms with E-state index in [1.807, 2.05) is 0 Å². The Kier molecular flexibility index (Phi) is 5.50. The number of hydrogen-bond acceptors (Lipinski definition) is 4. The number of nitrogens with zero attached hydrogens (tertiary/aromatic N) is 1. The van der Waals surface area contributed by atoms with Crippen LogP contribution in [0.2, 0.25) is 0 Å². The summed E-state index contributed by atoms with van der Waals surface area (Å²) in [4.78, 5) is 25.5. The van der Waals surface area contributed by atoms with E-state index in [0.717, 1.165) is 12.1 Å². The monoisotopic (exact) mass is 375 g/mol. The lowest BCUT2D eigenvalue weighted by atomic mass is 9.83. The zero-order valence-corrected chi connectivity index (χ0v) is 14.5. The second-order valence-electron chi connectivity index (χ2n) is 6.68. The Balaban J connectivity index is 2.17. The van der Waals surface area contributed by atoms with Crippen LogP contribution in [0.4, 0.5) is 13.2 Å². The van der Waals surface area contributed by atoms with E-state index in [2.05, 4.69) is 4.74 Å². The van der Waals surface area contributed by atoms with E-state index in [0.29, 0.717) is 5.56 Å². The highest BCUT2D eigenvalue weighted by Crippen LogP contribution is 2.30. The molecule has 0 aromatic heterocycles. The summed E-state index contributed by atoms with van der Waals surface area (Å²) in [6.45, 7) is 5.08. The van der Waals surface area contributed by atoms with Crippen molar-refractivity contribution in [2.75, 3.05) is 13.1 Å². The van der Waals surface area contributed by atoms with Crippen molar-refractivity contribution in [3.63, 3.8) is 0 Å². The Labute approximate surface area is 148 Å². The summed E-state index contributed by atoms with van der Waals surface area (Å²) in [6.07, 6.45) is -6.34. The van der Waals surface area contributed by atoms with Crippen LogP contribution in [-0.2, 0) is 19.7 Å². The molecule has 1 unspecified atom stereocenters. The Morgan fingerprint density at radius 1 is 1.19 bits per heavy atom. The molecule has 1 aliphatic heterocycles. The number of carboxylic acid groups (broad SMARTS) is 1. The van der Waals surface area contributed by atoms with Crippen molar-refractivity contribution >= 4 is 11.9 Å². The number of alkyl halides is 3. The van der Waals surface area contributed by atoms with Crippen molar-refractivity contribution in [3.05, 3.63) is 29.8 Å². The van der Waals surface area contributed by atoms with Crippen LogP contribution in [0.25, 0.3) is 0 Å². The largest absolute Gasteiger partial charge is 0.573 e. The van der Waals surface area contributed by atoms with Crippen LogP contribution in [0, 0.1) is 0 Å². The lowest BCUT2D eigenvalue weighted by molar-refractivity contribution is -0.274. The van der Waals surface area contributed by atoms with Crippen LogP contribution in [0.15, 0.2) is 24.3 Å². The molecule has 26 heavy (non-hydrogen) atoms. The highest BCUT2D eigenvalue weighted by atomic mass is 19.4. The third-order valence-corrected chi connectivity index (χ3v) is 4.17. The molecule has 1 saturated heterocycles. The quantitative estimate of drug-likeness (QED) is 0.875. The normalized spacial score (nSPS) is 21.4. The number of amides is 1. The molecule has 1 amide bonds. The van der Waals surface area contributed by atoms with Crippen molar-refractivity contribution < 1.29 is 37.3 Å². The molecular weight excluding hydrogens is 355 g/mol. The smallest absolute Gasteiger partial charge is 0.479 e. The van der Waals surface area contributed by atoms with Crippen LogP contribution >= 0.6 is 0 Å². The van der Waals surface area contributed by atoms with Gasteiger partial charge in [0.15, 0.2) is 6.10 Å². The third kappa shape index (κ3) is 4.66. The first-order valence-electron chi connectivity index (χ1n) is 7.94. The second-order valence-corrected chi connectivity index (χ2v) is 6.68. The van der Waals surface area contributed by atoms with Crippen molar-refractivity contribution in [3.8, 4) is 5.75 Å². The number of carbonyl (C=O) groups is 2. The van der Waals surface area contributed by atoms with Gasteiger partial charge < -0.3 is 19.5 Å². The minimum Gasteiger partial charge on any atom is -0.479 e. The molecule has 2 rings (SSSR count). The molecule has 9 heteroatoms. The molecule has 0 spiro atoms. The first kappa shape index (κ1) is 20.0. The first-order valence-corrected chi connectivity index (χ1v) is 7.94. The molecule has 1 heterocycles. The van der Waals surface area contributed by atoms with E-state index >= 15 is 0 Å². The van der Waals surface area contributed by atoms with Crippen LogP contribution in [-0.4, -0.2) is 53.5 Å². The average Bonchev–Trinajstić information content (AvgIpc) is 2.52. The molecule has 0 radical (unpaired) electrons. The SMILES string of the molecule is C[C@@H]1CN(C(=O)C(C)(C)c2ccc(OC(F)(F)F)cc2)CC(C(=O)O)O1. The summed E-state index contributed by atoms with van der Waals surface area (Å²) in [6, 6.07) is 5.05. The van der Waals surface area contributed by atoms with Gasteiger partial charge in [-0.2, -0.15) is 0 Å². The zero-order valence-electron chi connectivity index (χ0n) is 14.5. The molecule has 0 saturated carbocycles. The number of morpholine rings is 1. The van der Waals surface area contributed by atoms with E-state index in [1.54, 1.807) is 20.8 Å². The van der Waals surface area contributed by atoms with Crippen LogP contribution in [0.1, 0.15) is 26.3 Å². The maximum Gasteiger partial charge on any atom is 0.573 e. The van der Waals surface area contributed by atoms with Crippen LogP contribution < -0.4 is 4.74 Å². The Morgan fingerprint density at radius 3 is 2.27 bits per heavy atom. The summed E-state index contributed by atoms with van der Waals surface area (Å²) in [5.74, 6) is -1.86. The molecule has 2 atom stereocenters. The van der Waals surface area contributed by atoms with Crippen molar-refractivity contribution in [2.45, 2.75) is 44.8 Å². The number of carbonyl (C=O) groups excluding carboxylic acids is 1. The highest BCUT2D eigenvalue weighted by molar-refractivity contribution is 5.88. The molecule has 6 nitrogen and oxygen atoms in total. The van der Waals surface area contributed by atoms with Gasteiger partial charge in [0.05, 0.1) is 18.1 Å². The van der Waals surface area contributed by atoms with Gasteiger partial charge in [0.2, 0.25) is 5.91 Å². The second kappa shape index (κ2) is 7.14. The van der Waals surface area contributed by atoms with E-state index < -0.39 is 30.0 Å². The van der Waals surface area contributed by atoms with E-state index in [4.69, 9.17) is 9.84 Å². The molecule has 144 valence electrons. The van der Waals surface area contributed by atoms with E-state index in [9.17, 15) is 22.8 Å². The van der Waals surface area contributed by atoms with Gasteiger partial charge in [-0.1, -0.05) is 12.1 Å². The van der Waals surface area contributed by atoms with Gasteiger partial charge in [0.25, 0.3) is 0 Å². The zero-order chi connectivity index (χ0) is 19.7. The molecule has 1 fully saturated rings. The van der Waals surface area contributed by atoms with E-state index in [-0.39, 0.29) is 24.7 Å². The highest BCUT2D eigenvalue weighted by Gasteiger charge is 2.39. The Morgan fingerprint density at radius 2 is 1.77 bits per heavy atom. The summed E-state index contributed by atoms with van der Waals surface area (Å²) in [7, 11) is 0. The number of aliphatic carboxylic acids is 1. The number of hydrogen-bond donors (Lipinski definition) is 1. The lowest BCUT2D eigenvalue weighted by Gasteiger charge is -2.39. The molecule has 1 aromatic carbocycles. The van der Waals surface area contributed by atoms with Gasteiger partial charge in [0, 0.05) is 6.54 Å². The fraction of sp³-hybridized carbons (Fsp3) is 0.529. The predicted octanol–water partition coefficient (Wildman–Crippen LogP) is 2.56. The van der Waals surface area contributed by atoms with Gasteiger partial charge in [-0.3, -0.25) is 4.79 Å². The molecule has 0 aliphatic carbocycles. The van der Waals surface area contributed by atoms with E-state index in [1.165, 1.54) is 17.0 Å². The van der Waals surface area contributed by atoms with Gasteiger partial charge in [-0.05, 0) is 38.5 Å². The van der Waals surface area contributed by atoms with Gasteiger partial charge in [0.1, 0.15) is 5.75 Å². The Hall–Kier alpha value is -2.29. The summed E-state index contributed by atoms with van der Waals surface area (Å²) in [5.41, 5.74) is -0.570. The predicted molar refractivity (Wildman–Crippen MR) is 84.7 cm³/mol. The van der Waals surface area contributed by atoms with Crippen molar-refractivity contribution in [1.29, 1.82) is 0 Å². The van der Waals surface area contributed by atoms with Crippen LogP contribution in [0.3, 0.4) is 0 Å². The summed E-state index contributed by atoms with van der Waals surface area (Å²) < 4.78 is 45.8. The van der Waals surface area contributed by atoms with Gasteiger partial charge in [-0.15, -0.1) is 13.2 Å². The first-order chi connectivity index (χ1) is 11.9. The van der Waals surface area contributed by atoms with Gasteiger partial charge >= 0.3 is 12.3 Å².